The fraction of sp³-hybridized carbons (Fsp3) is 0.389. The van der Waals surface area contributed by atoms with Gasteiger partial charge in [-0.25, -0.2) is 14.4 Å². The van der Waals surface area contributed by atoms with E-state index in [-0.39, 0.29) is 16.7 Å². The molecular weight excluding hydrogens is 309 g/mol. The van der Waals surface area contributed by atoms with Crippen LogP contribution in [0.25, 0.3) is 0 Å². The van der Waals surface area contributed by atoms with Gasteiger partial charge >= 0.3 is 0 Å². The first-order valence-corrected chi connectivity index (χ1v) is 7.78. The lowest BCUT2D eigenvalue weighted by molar-refractivity contribution is 0.0742. The third kappa shape index (κ3) is 2.84. The van der Waals surface area contributed by atoms with Crippen LogP contribution < -0.4 is 4.74 Å². The maximum atomic E-state index is 14.1. The molecule has 0 spiro atoms. The van der Waals surface area contributed by atoms with Crippen molar-refractivity contribution in [3.63, 3.8) is 0 Å². The number of hydrogen-bond donors (Lipinski definition) is 0. The lowest BCUT2D eigenvalue weighted by Gasteiger charge is -2.17. The highest BCUT2D eigenvalue weighted by molar-refractivity contribution is 5.97. The van der Waals surface area contributed by atoms with Crippen molar-refractivity contribution in [1.29, 1.82) is 0 Å². The van der Waals surface area contributed by atoms with E-state index in [0.717, 1.165) is 17.1 Å². The predicted octanol–water partition coefficient (Wildman–Crippen LogP) is 3.08. The van der Waals surface area contributed by atoms with Crippen LogP contribution in [-0.4, -0.2) is 27.9 Å². The molecule has 1 aliphatic rings. The van der Waals surface area contributed by atoms with E-state index in [1.54, 1.807) is 17.2 Å². The van der Waals surface area contributed by atoms with Crippen LogP contribution in [0.3, 0.4) is 0 Å². The number of halogens is 1. The van der Waals surface area contributed by atoms with E-state index in [0.29, 0.717) is 13.1 Å². The fourth-order valence-electron chi connectivity index (χ4n) is 2.70. The highest BCUT2D eigenvalue weighted by atomic mass is 19.1. The number of hydrogen-bond acceptors (Lipinski definition) is 4. The van der Waals surface area contributed by atoms with Crippen LogP contribution in [0.5, 0.6) is 5.75 Å². The molecule has 0 fully saturated rings. The summed E-state index contributed by atoms with van der Waals surface area (Å²) in [5.41, 5.74) is 1.50. The monoisotopic (exact) mass is 329 g/mol. The Kier molecular flexibility index (Phi) is 3.99. The van der Waals surface area contributed by atoms with Gasteiger partial charge in [-0.15, -0.1) is 0 Å². The minimum Gasteiger partial charge on any atom is -0.496 e. The number of carbonyl (C=O) groups excluding carboxylic acids is 1. The van der Waals surface area contributed by atoms with Crippen molar-refractivity contribution in [2.24, 2.45) is 0 Å². The van der Waals surface area contributed by atoms with Gasteiger partial charge in [-0.1, -0.05) is 26.8 Å². The molecule has 0 unspecified atom stereocenters. The number of rotatable bonds is 2. The molecule has 6 heteroatoms. The summed E-state index contributed by atoms with van der Waals surface area (Å²) in [6.45, 7) is 6.83. The van der Waals surface area contributed by atoms with Gasteiger partial charge in [0.05, 0.1) is 19.3 Å². The zero-order chi connectivity index (χ0) is 17.5. The van der Waals surface area contributed by atoms with Gasteiger partial charge in [-0.05, 0) is 12.1 Å². The second-order valence-corrected chi connectivity index (χ2v) is 6.89. The lowest BCUT2D eigenvalue weighted by atomic mass is 9.95. The minimum absolute atomic E-state index is 0.0446. The Morgan fingerprint density at radius 1 is 1.29 bits per heavy atom. The number of nitrogens with zero attached hydrogens (tertiary/aromatic N) is 3. The number of aromatic nitrogens is 2. The Morgan fingerprint density at radius 2 is 2.04 bits per heavy atom. The molecule has 0 bridgehead atoms. The van der Waals surface area contributed by atoms with Gasteiger partial charge in [0.15, 0.2) is 0 Å². The molecule has 1 aliphatic heterocycles. The maximum absolute atomic E-state index is 14.1. The van der Waals surface area contributed by atoms with Crippen LogP contribution in [-0.2, 0) is 18.5 Å². The number of carbonyl (C=O) groups is 1. The molecule has 1 amide bonds. The fourth-order valence-corrected chi connectivity index (χ4v) is 2.70. The Balaban J connectivity index is 1.90. The summed E-state index contributed by atoms with van der Waals surface area (Å²) in [7, 11) is 1.42. The zero-order valence-corrected chi connectivity index (χ0v) is 14.3. The van der Waals surface area contributed by atoms with Gasteiger partial charge < -0.3 is 9.64 Å². The van der Waals surface area contributed by atoms with Crippen LogP contribution in [0.4, 0.5) is 4.39 Å². The Morgan fingerprint density at radius 3 is 2.71 bits per heavy atom. The maximum Gasteiger partial charge on any atom is 0.261 e. The summed E-state index contributed by atoms with van der Waals surface area (Å²) in [5.74, 6) is -0.0199. The van der Waals surface area contributed by atoms with Gasteiger partial charge in [0.1, 0.15) is 23.0 Å². The predicted molar refractivity (Wildman–Crippen MR) is 87.3 cm³/mol. The summed E-state index contributed by atoms with van der Waals surface area (Å²) in [6, 6.07) is 4.36. The number of methoxy groups -OCH3 is 1. The van der Waals surface area contributed by atoms with E-state index in [4.69, 9.17) is 4.74 Å². The molecule has 0 N–H and O–H groups in total. The summed E-state index contributed by atoms with van der Waals surface area (Å²) < 4.78 is 19.3. The van der Waals surface area contributed by atoms with Crippen LogP contribution in [0.1, 0.15) is 48.2 Å². The molecule has 0 saturated heterocycles. The molecule has 24 heavy (non-hydrogen) atoms. The highest BCUT2D eigenvalue weighted by Crippen LogP contribution is 2.29. The van der Waals surface area contributed by atoms with Crippen molar-refractivity contribution in [2.45, 2.75) is 39.3 Å². The minimum atomic E-state index is -0.586. The van der Waals surface area contributed by atoms with E-state index >= 15 is 0 Å². The van der Waals surface area contributed by atoms with Crippen LogP contribution >= 0.6 is 0 Å². The molecular formula is C18H20FN3O2. The molecule has 2 heterocycles. The molecule has 0 aliphatic carbocycles. The Hall–Kier alpha value is -2.50. The van der Waals surface area contributed by atoms with Crippen LogP contribution in [0.15, 0.2) is 24.4 Å². The Bertz CT molecular complexity index is 799. The quantitative estimate of drug-likeness (QED) is 0.850. The molecule has 0 saturated carbocycles. The standard InChI is InChI=1S/C18H20FN3O2/c1-18(2,3)17-20-8-11-9-22(10-13(11)21-17)16(23)15-12(19)6-5-7-14(15)24-4/h5-8H,9-10H2,1-4H3. The molecule has 3 rings (SSSR count). The van der Waals surface area contributed by atoms with E-state index < -0.39 is 11.7 Å². The summed E-state index contributed by atoms with van der Waals surface area (Å²) >= 11 is 0. The third-order valence-corrected chi connectivity index (χ3v) is 4.02. The van der Waals surface area contributed by atoms with Gasteiger partial charge in [-0.2, -0.15) is 0 Å². The average molecular weight is 329 g/mol. The SMILES string of the molecule is COc1cccc(F)c1C(=O)N1Cc2cnc(C(C)(C)C)nc2C1. The third-order valence-electron chi connectivity index (χ3n) is 4.02. The Labute approximate surface area is 140 Å². The van der Waals surface area contributed by atoms with E-state index in [1.165, 1.54) is 19.2 Å². The van der Waals surface area contributed by atoms with Crippen molar-refractivity contribution in [3.8, 4) is 5.75 Å². The molecule has 2 aromatic rings. The first-order chi connectivity index (χ1) is 11.3. The van der Waals surface area contributed by atoms with Crippen molar-refractivity contribution in [2.75, 3.05) is 7.11 Å². The van der Waals surface area contributed by atoms with E-state index in [1.807, 2.05) is 20.8 Å². The van der Waals surface area contributed by atoms with Gasteiger partial charge in [-0.3, -0.25) is 4.79 Å². The van der Waals surface area contributed by atoms with Gasteiger partial charge in [0.25, 0.3) is 5.91 Å². The van der Waals surface area contributed by atoms with E-state index in [9.17, 15) is 9.18 Å². The van der Waals surface area contributed by atoms with E-state index in [2.05, 4.69) is 9.97 Å². The smallest absolute Gasteiger partial charge is 0.261 e. The first kappa shape index (κ1) is 16.4. The molecule has 5 nitrogen and oxygen atoms in total. The molecule has 126 valence electrons. The molecule has 1 aromatic carbocycles. The average Bonchev–Trinajstić information content (AvgIpc) is 2.96. The topological polar surface area (TPSA) is 55.3 Å². The zero-order valence-electron chi connectivity index (χ0n) is 14.3. The summed E-state index contributed by atoms with van der Waals surface area (Å²) in [6.07, 6.45) is 1.76. The highest BCUT2D eigenvalue weighted by Gasteiger charge is 2.30. The van der Waals surface area contributed by atoms with Crippen LogP contribution in [0, 0.1) is 5.82 Å². The number of amides is 1. The molecule has 1 aromatic heterocycles. The number of ether oxygens (including phenoxy) is 1. The molecule has 0 radical (unpaired) electrons. The second kappa shape index (κ2) is 5.85. The summed E-state index contributed by atoms with van der Waals surface area (Å²) in [4.78, 5) is 23.3. The second-order valence-electron chi connectivity index (χ2n) is 6.89. The normalized spacial score (nSPS) is 13.8. The number of benzene rings is 1. The summed E-state index contributed by atoms with van der Waals surface area (Å²) in [5, 5.41) is 0. The van der Waals surface area contributed by atoms with Crippen molar-refractivity contribution in [3.05, 3.63) is 52.9 Å². The molecule has 0 atom stereocenters. The van der Waals surface area contributed by atoms with Crippen molar-refractivity contribution < 1.29 is 13.9 Å². The van der Waals surface area contributed by atoms with Gasteiger partial charge in [0, 0.05) is 23.7 Å². The van der Waals surface area contributed by atoms with Crippen molar-refractivity contribution >= 4 is 5.91 Å². The number of fused-ring (bicyclic) bond motifs is 1. The lowest BCUT2D eigenvalue weighted by Crippen LogP contribution is -2.26. The van der Waals surface area contributed by atoms with Crippen LogP contribution in [0.2, 0.25) is 0 Å². The van der Waals surface area contributed by atoms with Crippen molar-refractivity contribution in [1.82, 2.24) is 14.9 Å². The first-order valence-electron chi connectivity index (χ1n) is 7.78. The van der Waals surface area contributed by atoms with Gasteiger partial charge in [0.2, 0.25) is 0 Å². The largest absolute Gasteiger partial charge is 0.496 e.